The van der Waals surface area contributed by atoms with Gasteiger partial charge in [-0.2, -0.15) is 0 Å². The van der Waals surface area contributed by atoms with Gasteiger partial charge in [-0.05, 0) is 32.4 Å². The molecule has 5 heteroatoms. The Kier molecular flexibility index (Phi) is 5.70. The second-order valence-electron chi connectivity index (χ2n) is 5.31. The molecule has 1 aromatic carbocycles. The third-order valence-electron chi connectivity index (χ3n) is 2.45. The third-order valence-corrected chi connectivity index (χ3v) is 2.45. The lowest BCUT2D eigenvalue weighted by Gasteiger charge is -2.31. The Hall–Kier alpha value is -1.88. The average Bonchev–Trinajstić information content (AvgIpc) is 2.37. The van der Waals surface area contributed by atoms with Crippen LogP contribution in [0.3, 0.4) is 0 Å². The Morgan fingerprint density at radius 1 is 1.30 bits per heavy atom. The average molecular weight is 279 g/mol. The van der Waals surface area contributed by atoms with Gasteiger partial charge in [0.1, 0.15) is 12.8 Å². The van der Waals surface area contributed by atoms with Gasteiger partial charge in [0, 0.05) is 0 Å². The number of carbonyl (C=O) groups is 2. The van der Waals surface area contributed by atoms with Crippen molar-refractivity contribution in [3.63, 3.8) is 0 Å². The number of hydrogen-bond donors (Lipinski definition) is 0. The fraction of sp³-hybridized carbons (Fsp3) is 0.467. The minimum atomic E-state index is -0.443. The number of aldehydes is 1. The molecular formula is C15H21NO4. The SMILES string of the molecule is COC(=O)Cc1ccccc1N(CC=O)OC(C)(C)C. The highest BCUT2D eigenvalue weighted by molar-refractivity contribution is 5.75. The molecular weight excluding hydrogens is 258 g/mol. The Balaban J connectivity index is 3.06. The Bertz CT molecular complexity index is 465. The van der Waals surface area contributed by atoms with Crippen LogP contribution >= 0.6 is 0 Å². The van der Waals surface area contributed by atoms with Crippen molar-refractivity contribution >= 4 is 17.9 Å². The molecule has 0 bridgehead atoms. The Morgan fingerprint density at radius 2 is 1.95 bits per heavy atom. The fourth-order valence-corrected chi connectivity index (χ4v) is 1.71. The van der Waals surface area contributed by atoms with Crippen molar-refractivity contribution in [1.82, 2.24) is 0 Å². The van der Waals surface area contributed by atoms with Crippen molar-refractivity contribution in [1.29, 1.82) is 0 Å². The lowest BCUT2D eigenvalue weighted by molar-refractivity contribution is -0.139. The lowest BCUT2D eigenvalue weighted by atomic mass is 10.1. The summed E-state index contributed by atoms with van der Waals surface area (Å²) in [5.74, 6) is -0.334. The van der Waals surface area contributed by atoms with Crippen LogP contribution in [0.2, 0.25) is 0 Å². The van der Waals surface area contributed by atoms with Gasteiger partial charge < -0.3 is 9.53 Å². The van der Waals surface area contributed by atoms with E-state index in [4.69, 9.17) is 4.84 Å². The minimum Gasteiger partial charge on any atom is -0.469 e. The van der Waals surface area contributed by atoms with Crippen LogP contribution in [-0.4, -0.2) is 31.5 Å². The molecule has 0 heterocycles. The van der Waals surface area contributed by atoms with Crippen molar-refractivity contribution in [3.8, 4) is 0 Å². The first-order valence-corrected chi connectivity index (χ1v) is 6.42. The molecule has 0 fully saturated rings. The van der Waals surface area contributed by atoms with Gasteiger partial charge in [-0.25, -0.2) is 5.06 Å². The Morgan fingerprint density at radius 3 is 2.50 bits per heavy atom. The molecule has 0 amide bonds. The summed E-state index contributed by atoms with van der Waals surface area (Å²) in [6.07, 6.45) is 0.899. The monoisotopic (exact) mass is 279 g/mol. The van der Waals surface area contributed by atoms with Crippen molar-refractivity contribution in [2.75, 3.05) is 18.7 Å². The number of ether oxygens (including phenoxy) is 1. The molecule has 5 nitrogen and oxygen atoms in total. The van der Waals surface area contributed by atoms with Gasteiger partial charge >= 0.3 is 5.97 Å². The van der Waals surface area contributed by atoms with Crippen molar-refractivity contribution in [2.45, 2.75) is 32.8 Å². The van der Waals surface area contributed by atoms with Crippen LogP contribution in [0.25, 0.3) is 0 Å². The molecule has 0 N–H and O–H groups in total. The molecule has 0 radical (unpaired) electrons. The van der Waals surface area contributed by atoms with Crippen LogP contribution in [0.1, 0.15) is 26.3 Å². The molecule has 0 saturated heterocycles. The summed E-state index contributed by atoms with van der Waals surface area (Å²) in [4.78, 5) is 28.1. The molecule has 110 valence electrons. The number of nitrogens with zero attached hydrogens (tertiary/aromatic N) is 1. The summed E-state index contributed by atoms with van der Waals surface area (Å²) in [5, 5.41) is 1.51. The fourth-order valence-electron chi connectivity index (χ4n) is 1.71. The normalized spacial score (nSPS) is 11.0. The van der Waals surface area contributed by atoms with Crippen LogP contribution in [0.15, 0.2) is 24.3 Å². The van der Waals surface area contributed by atoms with E-state index in [2.05, 4.69) is 4.74 Å². The number of benzene rings is 1. The van der Waals surface area contributed by atoms with Crippen LogP contribution < -0.4 is 5.06 Å². The first-order valence-electron chi connectivity index (χ1n) is 6.42. The highest BCUT2D eigenvalue weighted by Crippen LogP contribution is 2.24. The van der Waals surface area contributed by atoms with E-state index in [0.717, 1.165) is 11.8 Å². The maximum Gasteiger partial charge on any atom is 0.310 e. The van der Waals surface area contributed by atoms with Gasteiger partial charge in [-0.1, -0.05) is 18.2 Å². The third kappa shape index (κ3) is 5.01. The molecule has 1 rings (SSSR count). The van der Waals surface area contributed by atoms with Crippen molar-refractivity contribution in [2.24, 2.45) is 0 Å². The van der Waals surface area contributed by atoms with Crippen LogP contribution in [0.4, 0.5) is 5.69 Å². The van der Waals surface area contributed by atoms with Crippen LogP contribution in [0.5, 0.6) is 0 Å². The van der Waals surface area contributed by atoms with E-state index in [1.807, 2.05) is 45.0 Å². The summed E-state index contributed by atoms with van der Waals surface area (Å²) in [6.45, 7) is 5.78. The Labute approximate surface area is 119 Å². The maximum absolute atomic E-state index is 11.4. The van der Waals surface area contributed by atoms with Gasteiger partial charge in [-0.15, -0.1) is 0 Å². The number of hydrogen-bond acceptors (Lipinski definition) is 5. The van der Waals surface area contributed by atoms with Crippen molar-refractivity contribution < 1.29 is 19.2 Å². The molecule has 0 unspecified atom stereocenters. The van der Waals surface area contributed by atoms with E-state index >= 15 is 0 Å². The zero-order valence-corrected chi connectivity index (χ0v) is 12.4. The predicted molar refractivity (Wildman–Crippen MR) is 76.4 cm³/mol. The molecule has 0 spiro atoms. The van der Waals surface area contributed by atoms with Gasteiger partial charge in [0.05, 0.1) is 24.8 Å². The number of methoxy groups -OCH3 is 1. The predicted octanol–water partition coefficient (Wildman–Crippen LogP) is 2.14. The topological polar surface area (TPSA) is 55.8 Å². The molecule has 0 saturated carbocycles. The number of anilines is 1. The summed E-state index contributed by atoms with van der Waals surface area (Å²) in [5.41, 5.74) is 1.01. The van der Waals surface area contributed by atoms with E-state index in [9.17, 15) is 9.59 Å². The van der Waals surface area contributed by atoms with E-state index in [1.54, 1.807) is 0 Å². The number of para-hydroxylation sites is 1. The summed E-state index contributed by atoms with van der Waals surface area (Å²) in [6, 6.07) is 7.29. The zero-order chi connectivity index (χ0) is 15.2. The second-order valence-corrected chi connectivity index (χ2v) is 5.31. The first kappa shape index (κ1) is 16.2. The maximum atomic E-state index is 11.4. The molecule has 0 aliphatic heterocycles. The molecule has 0 atom stereocenters. The zero-order valence-electron chi connectivity index (χ0n) is 12.4. The van der Waals surface area contributed by atoms with Gasteiger partial charge in [-0.3, -0.25) is 9.63 Å². The van der Waals surface area contributed by atoms with Gasteiger partial charge in [0.15, 0.2) is 0 Å². The van der Waals surface area contributed by atoms with Crippen LogP contribution in [0, 0.1) is 0 Å². The number of hydroxylamine groups is 1. The van der Waals surface area contributed by atoms with E-state index in [0.29, 0.717) is 5.69 Å². The van der Waals surface area contributed by atoms with Gasteiger partial charge in [0.25, 0.3) is 0 Å². The highest BCUT2D eigenvalue weighted by Gasteiger charge is 2.20. The smallest absolute Gasteiger partial charge is 0.310 e. The molecule has 0 aliphatic rings. The second kappa shape index (κ2) is 7.05. The van der Waals surface area contributed by atoms with Gasteiger partial charge in [0.2, 0.25) is 0 Å². The minimum absolute atomic E-state index is 0.0927. The number of esters is 1. The van der Waals surface area contributed by atoms with E-state index in [1.165, 1.54) is 12.2 Å². The molecule has 0 aliphatic carbocycles. The van der Waals surface area contributed by atoms with E-state index in [-0.39, 0.29) is 18.9 Å². The molecule has 20 heavy (non-hydrogen) atoms. The summed E-state index contributed by atoms with van der Waals surface area (Å²) >= 11 is 0. The first-order chi connectivity index (χ1) is 9.37. The van der Waals surface area contributed by atoms with E-state index < -0.39 is 5.60 Å². The van der Waals surface area contributed by atoms with Crippen molar-refractivity contribution in [3.05, 3.63) is 29.8 Å². The highest BCUT2D eigenvalue weighted by atomic mass is 16.7. The summed E-state index contributed by atoms with van der Waals surface area (Å²) in [7, 11) is 1.35. The summed E-state index contributed by atoms with van der Waals surface area (Å²) < 4.78 is 4.68. The molecule has 0 aromatic heterocycles. The standard InChI is InChI=1S/C15H21NO4/c1-15(2,3)20-16(9-10-17)13-8-6-5-7-12(13)11-14(18)19-4/h5-8,10H,9,11H2,1-4H3. The van der Waals surface area contributed by atoms with Crippen LogP contribution in [-0.2, 0) is 25.6 Å². The quantitative estimate of drug-likeness (QED) is 0.453. The molecule has 1 aromatic rings. The lowest BCUT2D eigenvalue weighted by Crippen LogP contribution is -2.36. The number of rotatable bonds is 6. The number of carbonyl (C=O) groups excluding carboxylic acids is 2. The largest absolute Gasteiger partial charge is 0.469 e.